The minimum Gasteiger partial charge on any atom is -0.462 e. The summed E-state index contributed by atoms with van der Waals surface area (Å²) in [5.74, 6) is 5.19. The van der Waals surface area contributed by atoms with Crippen LogP contribution in [0.25, 0.3) is 0 Å². The first-order chi connectivity index (χ1) is 14.6. The lowest BCUT2D eigenvalue weighted by Gasteiger charge is -2.58. The van der Waals surface area contributed by atoms with Gasteiger partial charge in [-0.3, -0.25) is 4.79 Å². The molecule has 4 aliphatic carbocycles. The molecule has 0 radical (unpaired) electrons. The molecule has 4 unspecified atom stereocenters. The minimum absolute atomic E-state index is 0.115. The van der Waals surface area contributed by atoms with Crippen molar-refractivity contribution < 1.29 is 9.53 Å². The predicted octanol–water partition coefficient (Wildman–Crippen LogP) is 7.96. The molecule has 0 bridgehead atoms. The normalized spacial score (nSPS) is 42.9. The van der Waals surface area contributed by atoms with Crippen LogP contribution in [0.1, 0.15) is 112 Å². The van der Waals surface area contributed by atoms with Gasteiger partial charge in [0.1, 0.15) is 6.10 Å². The molecule has 0 saturated heterocycles. The molecule has 2 nitrogen and oxygen atoms in total. The van der Waals surface area contributed by atoms with Crippen LogP contribution in [0.3, 0.4) is 0 Å². The van der Waals surface area contributed by atoms with Crippen LogP contribution in [0.5, 0.6) is 0 Å². The highest BCUT2D eigenvalue weighted by atomic mass is 16.5. The van der Waals surface area contributed by atoms with E-state index >= 15 is 0 Å². The summed E-state index contributed by atoms with van der Waals surface area (Å²) in [5.41, 5.74) is 2.53. The second kappa shape index (κ2) is 8.86. The second-order valence-corrected chi connectivity index (χ2v) is 12.8. The van der Waals surface area contributed by atoms with E-state index in [2.05, 4.69) is 40.7 Å². The fraction of sp³-hybridized carbons (Fsp3) is 0.897. The molecule has 0 aromatic rings. The number of carbonyl (C=O) groups is 1. The van der Waals surface area contributed by atoms with Crippen LogP contribution in [0.2, 0.25) is 0 Å². The number of allylic oxidation sites excluding steroid dienone is 1. The van der Waals surface area contributed by atoms with E-state index in [0.717, 1.165) is 48.3 Å². The molecule has 0 aromatic heterocycles. The lowest BCUT2D eigenvalue weighted by atomic mass is 9.47. The van der Waals surface area contributed by atoms with Crippen molar-refractivity contribution in [2.24, 2.45) is 46.3 Å². The number of carbonyl (C=O) groups excluding carboxylic acids is 1. The molecule has 8 atom stereocenters. The van der Waals surface area contributed by atoms with E-state index in [4.69, 9.17) is 4.74 Å². The molecule has 4 aliphatic rings. The second-order valence-electron chi connectivity index (χ2n) is 12.8. The molecule has 176 valence electrons. The third-order valence-electron chi connectivity index (χ3n) is 10.6. The number of esters is 1. The van der Waals surface area contributed by atoms with Crippen molar-refractivity contribution in [1.29, 1.82) is 0 Å². The fourth-order valence-corrected chi connectivity index (χ4v) is 8.99. The van der Waals surface area contributed by atoms with Gasteiger partial charge in [0.25, 0.3) is 0 Å². The summed E-state index contributed by atoms with van der Waals surface area (Å²) in [6.45, 7) is 14.1. The van der Waals surface area contributed by atoms with Crippen molar-refractivity contribution in [3.05, 3.63) is 11.6 Å². The summed E-state index contributed by atoms with van der Waals surface area (Å²) in [6.07, 6.45) is 17.2. The molecule has 3 fully saturated rings. The summed E-state index contributed by atoms with van der Waals surface area (Å²) in [6, 6.07) is 0. The molecule has 0 N–H and O–H groups in total. The first-order valence-electron chi connectivity index (χ1n) is 13.5. The van der Waals surface area contributed by atoms with Gasteiger partial charge in [0.05, 0.1) is 0 Å². The van der Waals surface area contributed by atoms with E-state index in [-0.39, 0.29) is 12.1 Å². The molecule has 2 heteroatoms. The van der Waals surface area contributed by atoms with E-state index in [1.807, 2.05) is 0 Å². The third kappa shape index (κ3) is 4.26. The highest BCUT2D eigenvalue weighted by Crippen LogP contribution is 2.67. The van der Waals surface area contributed by atoms with Crippen molar-refractivity contribution >= 4 is 5.97 Å². The van der Waals surface area contributed by atoms with Crippen molar-refractivity contribution in [3.63, 3.8) is 0 Å². The number of hydrogen-bond donors (Lipinski definition) is 0. The first kappa shape index (κ1) is 23.4. The largest absolute Gasteiger partial charge is 0.462 e. The molecule has 4 rings (SSSR count). The summed E-state index contributed by atoms with van der Waals surface area (Å²) >= 11 is 0. The molecular weight excluding hydrogens is 380 g/mol. The number of rotatable bonds is 6. The molecule has 0 aromatic carbocycles. The molecule has 3 saturated carbocycles. The molecule has 0 amide bonds. The van der Waals surface area contributed by atoms with Crippen molar-refractivity contribution in [2.75, 3.05) is 0 Å². The zero-order valence-corrected chi connectivity index (χ0v) is 21.2. The van der Waals surface area contributed by atoms with Crippen molar-refractivity contribution in [3.8, 4) is 0 Å². The van der Waals surface area contributed by atoms with Crippen LogP contribution in [0, 0.1) is 46.3 Å². The molecule has 0 aliphatic heterocycles. The Bertz CT molecular complexity index is 693. The van der Waals surface area contributed by atoms with Gasteiger partial charge < -0.3 is 4.74 Å². The van der Waals surface area contributed by atoms with Gasteiger partial charge in [0.15, 0.2) is 0 Å². The molecule has 31 heavy (non-hydrogen) atoms. The van der Waals surface area contributed by atoms with E-state index in [9.17, 15) is 4.79 Å². The van der Waals surface area contributed by atoms with Gasteiger partial charge in [-0.25, -0.2) is 0 Å². The average Bonchev–Trinajstić information content (AvgIpc) is 3.05. The minimum atomic E-state index is -0.115. The zero-order valence-electron chi connectivity index (χ0n) is 21.2. The smallest absolute Gasteiger partial charge is 0.302 e. The van der Waals surface area contributed by atoms with Gasteiger partial charge in [0, 0.05) is 13.3 Å². The van der Waals surface area contributed by atoms with Crippen LogP contribution in [-0.2, 0) is 9.53 Å². The quantitative estimate of drug-likeness (QED) is 0.317. The zero-order chi connectivity index (χ0) is 22.4. The van der Waals surface area contributed by atoms with Gasteiger partial charge in [0.2, 0.25) is 0 Å². The summed E-state index contributed by atoms with van der Waals surface area (Å²) in [7, 11) is 0. The summed E-state index contributed by atoms with van der Waals surface area (Å²) in [5, 5.41) is 0. The molecule has 0 heterocycles. The topological polar surface area (TPSA) is 26.3 Å². The third-order valence-corrected chi connectivity index (χ3v) is 10.6. The van der Waals surface area contributed by atoms with Crippen molar-refractivity contribution in [1.82, 2.24) is 0 Å². The van der Waals surface area contributed by atoms with Gasteiger partial charge >= 0.3 is 5.97 Å². The highest BCUT2D eigenvalue weighted by molar-refractivity contribution is 5.66. The van der Waals surface area contributed by atoms with Gasteiger partial charge in [-0.05, 0) is 91.3 Å². The Labute approximate surface area is 192 Å². The molecule has 0 spiro atoms. The van der Waals surface area contributed by atoms with E-state index in [0.29, 0.717) is 10.8 Å². The Morgan fingerprint density at radius 1 is 1.06 bits per heavy atom. The Hall–Kier alpha value is -0.790. The van der Waals surface area contributed by atoms with Crippen LogP contribution in [-0.4, -0.2) is 12.1 Å². The van der Waals surface area contributed by atoms with Crippen molar-refractivity contribution in [2.45, 2.75) is 118 Å². The maximum absolute atomic E-state index is 11.5. The Morgan fingerprint density at radius 3 is 2.55 bits per heavy atom. The number of hydrogen-bond acceptors (Lipinski definition) is 2. The van der Waals surface area contributed by atoms with E-state index < -0.39 is 0 Å². The SMILES string of the molecule is CC(=O)OC1CC[C@]2(C)C(=CCC3C2CC[C@]2(C)C3CC[C@H]2[C@@H](C)CCCC(C)C)C1. The van der Waals surface area contributed by atoms with Crippen LogP contribution in [0.15, 0.2) is 11.6 Å². The standard InChI is InChI=1S/C29H48O2/c1-19(2)8-7-9-20(3)25-12-13-26-24-11-10-22-18-23(31-21(4)30)14-16-28(22,5)27(24)15-17-29(25,26)6/h10,19-20,23-27H,7-9,11-18H2,1-6H3/t20-,23?,24?,25-,26?,27?,28+,29-/m0/s1. The Morgan fingerprint density at radius 2 is 1.84 bits per heavy atom. The predicted molar refractivity (Wildman–Crippen MR) is 129 cm³/mol. The van der Waals surface area contributed by atoms with Crippen LogP contribution < -0.4 is 0 Å². The Balaban J connectivity index is 1.47. The summed E-state index contributed by atoms with van der Waals surface area (Å²) in [4.78, 5) is 11.5. The molecular formula is C29H48O2. The summed E-state index contributed by atoms with van der Waals surface area (Å²) < 4.78 is 5.61. The fourth-order valence-electron chi connectivity index (χ4n) is 8.99. The van der Waals surface area contributed by atoms with Gasteiger partial charge in [-0.2, -0.15) is 0 Å². The van der Waals surface area contributed by atoms with Gasteiger partial charge in [-0.1, -0.05) is 65.5 Å². The lowest BCUT2D eigenvalue weighted by molar-refractivity contribution is -0.148. The van der Waals surface area contributed by atoms with Gasteiger partial charge in [-0.15, -0.1) is 0 Å². The van der Waals surface area contributed by atoms with E-state index in [1.54, 1.807) is 12.5 Å². The maximum atomic E-state index is 11.5. The maximum Gasteiger partial charge on any atom is 0.302 e. The number of ether oxygens (including phenoxy) is 1. The lowest BCUT2D eigenvalue weighted by Crippen LogP contribution is -2.51. The average molecular weight is 429 g/mol. The number of fused-ring (bicyclic) bond motifs is 5. The van der Waals surface area contributed by atoms with E-state index in [1.165, 1.54) is 57.8 Å². The highest BCUT2D eigenvalue weighted by Gasteiger charge is 2.59. The Kier molecular flexibility index (Phi) is 6.68. The first-order valence-corrected chi connectivity index (χ1v) is 13.5. The van der Waals surface area contributed by atoms with Crippen LogP contribution in [0.4, 0.5) is 0 Å². The monoisotopic (exact) mass is 428 g/mol. The van der Waals surface area contributed by atoms with Crippen LogP contribution >= 0.6 is 0 Å².